The summed E-state index contributed by atoms with van der Waals surface area (Å²) in [5.74, 6) is 0. The molecule has 0 aliphatic heterocycles. The minimum atomic E-state index is -0.552. The Morgan fingerprint density at radius 1 is 0.345 bits per heavy atom. The van der Waals surface area contributed by atoms with E-state index < -0.39 is 5.41 Å². The van der Waals surface area contributed by atoms with Gasteiger partial charge in [0.25, 0.3) is 0 Å². The minimum absolute atomic E-state index is 0.552. The van der Waals surface area contributed by atoms with Crippen molar-refractivity contribution >= 4 is 60.9 Å². The van der Waals surface area contributed by atoms with Crippen LogP contribution in [0.3, 0.4) is 0 Å². The van der Waals surface area contributed by atoms with Gasteiger partial charge in [0.1, 0.15) is 22.3 Å². The Morgan fingerprint density at radius 3 is 1.60 bits per heavy atom. The molecule has 0 unspecified atom stereocenters. The van der Waals surface area contributed by atoms with Gasteiger partial charge in [0.2, 0.25) is 0 Å². The molecule has 11 aromatic rings. The lowest BCUT2D eigenvalue weighted by molar-refractivity contribution is 0.669. The van der Waals surface area contributed by atoms with Crippen molar-refractivity contribution in [3.05, 3.63) is 235 Å². The van der Waals surface area contributed by atoms with Crippen LogP contribution in [0.2, 0.25) is 0 Å². The third-order valence-corrected chi connectivity index (χ3v) is 12.1. The first-order valence-corrected chi connectivity index (χ1v) is 19.8. The molecule has 9 aromatic carbocycles. The normalized spacial score (nSPS) is 13.0. The van der Waals surface area contributed by atoms with Crippen LogP contribution in [0.25, 0.3) is 66.1 Å². The average molecular weight is 742 g/mol. The Morgan fingerprint density at radius 2 is 0.897 bits per heavy atom. The summed E-state index contributed by atoms with van der Waals surface area (Å²) in [4.78, 5) is 2.43. The van der Waals surface area contributed by atoms with Crippen LogP contribution in [0.5, 0.6) is 0 Å². The van der Waals surface area contributed by atoms with E-state index >= 15 is 0 Å². The Labute approximate surface area is 335 Å². The van der Waals surface area contributed by atoms with Crippen molar-refractivity contribution < 1.29 is 8.83 Å². The summed E-state index contributed by atoms with van der Waals surface area (Å²) in [5.41, 5.74) is 15.7. The molecule has 2 aromatic heterocycles. The van der Waals surface area contributed by atoms with E-state index in [0.29, 0.717) is 0 Å². The number of nitrogens with zero attached hydrogens (tertiary/aromatic N) is 1. The Bertz CT molecular complexity index is 3300. The molecule has 0 radical (unpaired) electrons. The smallest absolute Gasteiger partial charge is 0.137 e. The van der Waals surface area contributed by atoms with Gasteiger partial charge in [-0.05, 0) is 99.1 Å². The molecule has 12 rings (SSSR count). The van der Waals surface area contributed by atoms with Crippen LogP contribution in [0.15, 0.2) is 221 Å². The molecule has 3 heteroatoms. The lowest BCUT2D eigenvalue weighted by atomic mass is 9.67. The number of anilines is 3. The van der Waals surface area contributed by atoms with Crippen molar-refractivity contribution in [2.45, 2.75) is 5.41 Å². The van der Waals surface area contributed by atoms with E-state index in [-0.39, 0.29) is 0 Å². The van der Waals surface area contributed by atoms with Crippen LogP contribution in [-0.2, 0) is 5.41 Å². The Hall–Kier alpha value is -7.62. The van der Waals surface area contributed by atoms with Crippen molar-refractivity contribution in [1.82, 2.24) is 0 Å². The lowest BCUT2D eigenvalue weighted by Gasteiger charge is -2.35. The van der Waals surface area contributed by atoms with Crippen LogP contribution in [-0.4, -0.2) is 0 Å². The van der Waals surface area contributed by atoms with Gasteiger partial charge in [0.15, 0.2) is 0 Å². The van der Waals surface area contributed by atoms with Gasteiger partial charge in [-0.15, -0.1) is 0 Å². The van der Waals surface area contributed by atoms with Gasteiger partial charge in [-0.3, -0.25) is 0 Å². The van der Waals surface area contributed by atoms with Gasteiger partial charge in [-0.1, -0.05) is 158 Å². The van der Waals surface area contributed by atoms with Crippen molar-refractivity contribution in [2.75, 3.05) is 4.90 Å². The van der Waals surface area contributed by atoms with Crippen molar-refractivity contribution in [2.24, 2.45) is 0 Å². The molecule has 0 N–H and O–H groups in total. The maximum absolute atomic E-state index is 6.67. The molecule has 0 saturated carbocycles. The third kappa shape index (κ3) is 4.68. The highest BCUT2D eigenvalue weighted by atomic mass is 16.3. The van der Waals surface area contributed by atoms with Gasteiger partial charge in [-0.25, -0.2) is 0 Å². The van der Waals surface area contributed by atoms with Crippen molar-refractivity contribution in [1.29, 1.82) is 0 Å². The largest absolute Gasteiger partial charge is 0.456 e. The zero-order valence-corrected chi connectivity index (χ0v) is 31.5. The first-order chi connectivity index (χ1) is 28.8. The zero-order chi connectivity index (χ0) is 38.2. The fourth-order valence-corrected chi connectivity index (χ4v) is 9.73. The van der Waals surface area contributed by atoms with E-state index in [1.54, 1.807) is 0 Å². The van der Waals surface area contributed by atoms with Gasteiger partial charge in [-0.2, -0.15) is 0 Å². The van der Waals surface area contributed by atoms with Crippen LogP contribution in [0, 0.1) is 0 Å². The molecule has 2 heterocycles. The Balaban J connectivity index is 1.19. The highest BCUT2D eigenvalue weighted by Crippen LogP contribution is 2.58. The molecular formula is C55H35NO2. The summed E-state index contributed by atoms with van der Waals surface area (Å²) in [6.07, 6.45) is 0. The SMILES string of the molecule is c1ccc(-c2ccc3oc4cccc(N(c5ccc6c(c5)C(c5ccccc5)(c5ccccc5)c5ccccc5-6)c5cccc6oc7ccccc7c56)c4c3c2)cc1. The summed E-state index contributed by atoms with van der Waals surface area (Å²) < 4.78 is 13.2. The fourth-order valence-electron chi connectivity index (χ4n) is 9.73. The number of para-hydroxylation sites is 1. The minimum Gasteiger partial charge on any atom is -0.456 e. The van der Waals surface area contributed by atoms with Crippen molar-refractivity contribution in [3.63, 3.8) is 0 Å². The van der Waals surface area contributed by atoms with Gasteiger partial charge in [0.05, 0.1) is 27.6 Å². The predicted octanol–water partition coefficient (Wildman–Crippen LogP) is 15.0. The molecule has 0 bridgehead atoms. The number of benzene rings is 9. The van der Waals surface area contributed by atoms with Crippen molar-refractivity contribution in [3.8, 4) is 22.3 Å². The first-order valence-electron chi connectivity index (χ1n) is 19.8. The number of hydrogen-bond acceptors (Lipinski definition) is 3. The fraction of sp³-hybridized carbons (Fsp3) is 0.0182. The van der Waals surface area contributed by atoms with E-state index in [1.165, 1.54) is 38.9 Å². The molecule has 0 fully saturated rings. The van der Waals surface area contributed by atoms with Crippen LogP contribution < -0.4 is 4.90 Å². The standard InChI is InChI=1S/C55H35NO2/c1-4-16-36(17-5-1)37-30-33-50-44(34-37)54-48(26-15-29-52(54)58-50)56(47-25-14-28-51-53(47)43-23-11-13-27-49(43)57-51)40-31-32-42-41-22-10-12-24-45(41)55(46(42)35-40,38-18-6-2-7-19-38)39-20-8-3-9-21-39/h1-35H. The zero-order valence-electron chi connectivity index (χ0n) is 31.5. The van der Waals surface area contributed by atoms with Gasteiger partial charge >= 0.3 is 0 Å². The first kappa shape index (κ1) is 32.6. The highest BCUT2D eigenvalue weighted by molar-refractivity contribution is 6.18. The number of furan rings is 2. The lowest BCUT2D eigenvalue weighted by Crippen LogP contribution is -2.28. The molecule has 0 saturated heterocycles. The van der Waals surface area contributed by atoms with Crippen LogP contribution in [0.4, 0.5) is 17.1 Å². The molecule has 1 aliphatic rings. The molecule has 1 aliphatic carbocycles. The molecular weight excluding hydrogens is 707 g/mol. The van der Waals surface area contributed by atoms with E-state index in [0.717, 1.165) is 66.5 Å². The summed E-state index contributed by atoms with van der Waals surface area (Å²) in [6.45, 7) is 0. The summed E-state index contributed by atoms with van der Waals surface area (Å²) >= 11 is 0. The number of rotatable bonds is 6. The second-order valence-electron chi connectivity index (χ2n) is 15.2. The molecule has 0 spiro atoms. The topological polar surface area (TPSA) is 29.5 Å². The highest BCUT2D eigenvalue weighted by Gasteiger charge is 2.46. The van der Waals surface area contributed by atoms with E-state index in [9.17, 15) is 0 Å². The summed E-state index contributed by atoms with van der Waals surface area (Å²) in [5, 5.41) is 4.26. The maximum atomic E-state index is 6.67. The number of fused-ring (bicyclic) bond motifs is 9. The number of hydrogen-bond donors (Lipinski definition) is 0. The van der Waals surface area contributed by atoms with E-state index in [4.69, 9.17) is 8.83 Å². The monoisotopic (exact) mass is 741 g/mol. The second kappa shape index (κ2) is 12.7. The third-order valence-electron chi connectivity index (χ3n) is 12.1. The summed E-state index contributed by atoms with van der Waals surface area (Å²) in [6, 6.07) is 76.3. The molecule has 3 nitrogen and oxygen atoms in total. The van der Waals surface area contributed by atoms with Gasteiger partial charge < -0.3 is 13.7 Å². The molecule has 58 heavy (non-hydrogen) atoms. The molecule has 272 valence electrons. The Kier molecular flexibility index (Phi) is 7.14. The van der Waals surface area contributed by atoms with E-state index in [2.05, 4.69) is 211 Å². The van der Waals surface area contributed by atoms with E-state index in [1.807, 2.05) is 6.07 Å². The average Bonchev–Trinajstić information content (AvgIpc) is 3.96. The second-order valence-corrected chi connectivity index (χ2v) is 15.2. The summed E-state index contributed by atoms with van der Waals surface area (Å²) in [7, 11) is 0. The van der Waals surface area contributed by atoms with Gasteiger partial charge in [0, 0.05) is 16.5 Å². The molecule has 0 amide bonds. The van der Waals surface area contributed by atoms with Crippen LogP contribution >= 0.6 is 0 Å². The predicted molar refractivity (Wildman–Crippen MR) is 238 cm³/mol. The quantitative estimate of drug-likeness (QED) is 0.170. The molecule has 0 atom stereocenters. The van der Waals surface area contributed by atoms with Crippen LogP contribution in [0.1, 0.15) is 22.3 Å². The maximum Gasteiger partial charge on any atom is 0.137 e.